The SMILES string of the molecule is CC[C@H](C)[C@@H]1NC(=O)C[C@@H](C(=O)NC[C@@H]2CCCN2CC)NC(=O)c2ccccc2OCCN(C)C1=O. The number of likely N-dealkylation sites (tertiary alicyclic amines) is 1. The fourth-order valence-corrected chi connectivity index (χ4v) is 4.85. The highest BCUT2D eigenvalue weighted by molar-refractivity contribution is 6.01. The van der Waals surface area contributed by atoms with Crippen molar-refractivity contribution in [3.8, 4) is 5.75 Å². The van der Waals surface area contributed by atoms with Crippen LogP contribution in [0.3, 0.4) is 0 Å². The summed E-state index contributed by atoms with van der Waals surface area (Å²) in [5, 5.41) is 8.50. The van der Waals surface area contributed by atoms with Crippen LogP contribution in [0.2, 0.25) is 0 Å². The molecule has 0 spiro atoms. The summed E-state index contributed by atoms with van der Waals surface area (Å²) in [5.74, 6) is -1.38. The quantitative estimate of drug-likeness (QED) is 0.523. The van der Waals surface area contributed by atoms with Crippen LogP contribution in [0.15, 0.2) is 24.3 Å². The van der Waals surface area contributed by atoms with E-state index in [1.54, 1.807) is 31.3 Å². The zero-order valence-corrected chi connectivity index (χ0v) is 22.4. The molecule has 37 heavy (non-hydrogen) atoms. The Hall–Kier alpha value is -3.14. The van der Waals surface area contributed by atoms with Gasteiger partial charge < -0.3 is 25.6 Å². The number of benzene rings is 1. The number of hydrogen-bond donors (Lipinski definition) is 3. The lowest BCUT2D eigenvalue weighted by molar-refractivity contribution is -0.137. The third kappa shape index (κ3) is 7.44. The Morgan fingerprint density at radius 1 is 1.16 bits per heavy atom. The molecular weight excluding hydrogens is 474 g/mol. The van der Waals surface area contributed by atoms with Crippen LogP contribution in [0.25, 0.3) is 0 Å². The van der Waals surface area contributed by atoms with Gasteiger partial charge in [0.2, 0.25) is 17.7 Å². The number of ether oxygens (including phenoxy) is 1. The Morgan fingerprint density at radius 2 is 1.92 bits per heavy atom. The van der Waals surface area contributed by atoms with Crippen LogP contribution < -0.4 is 20.7 Å². The van der Waals surface area contributed by atoms with Gasteiger partial charge in [0.15, 0.2) is 0 Å². The summed E-state index contributed by atoms with van der Waals surface area (Å²) in [4.78, 5) is 56.6. The highest BCUT2D eigenvalue weighted by Crippen LogP contribution is 2.19. The van der Waals surface area contributed by atoms with Gasteiger partial charge in [0.1, 0.15) is 24.4 Å². The molecule has 0 aromatic heterocycles. The maximum absolute atomic E-state index is 13.3. The summed E-state index contributed by atoms with van der Waals surface area (Å²) in [5.41, 5.74) is 0.261. The lowest BCUT2D eigenvalue weighted by Crippen LogP contribution is -2.55. The van der Waals surface area contributed by atoms with Crippen LogP contribution in [-0.4, -0.2) is 91.4 Å². The van der Waals surface area contributed by atoms with Crippen molar-refractivity contribution < 1.29 is 23.9 Å². The topological polar surface area (TPSA) is 120 Å². The number of nitrogens with zero attached hydrogens (tertiary/aromatic N) is 2. The molecule has 10 nitrogen and oxygen atoms in total. The van der Waals surface area contributed by atoms with Crippen LogP contribution in [0, 0.1) is 5.92 Å². The molecule has 0 aliphatic carbocycles. The van der Waals surface area contributed by atoms with Crippen molar-refractivity contribution in [1.29, 1.82) is 0 Å². The first kappa shape index (κ1) is 28.4. The van der Waals surface area contributed by atoms with Crippen LogP contribution in [-0.2, 0) is 14.4 Å². The van der Waals surface area contributed by atoms with Crippen LogP contribution in [0.4, 0.5) is 0 Å². The van der Waals surface area contributed by atoms with Gasteiger partial charge in [0.05, 0.1) is 18.5 Å². The standard InChI is InChI=1S/C27H41N5O5/c1-5-18(3)24-27(36)31(4)14-15-37-22-12-8-7-11-20(22)25(34)29-21(16-23(33)30-24)26(35)28-17-19-10-9-13-32(19)6-2/h7-8,11-12,18-19,21,24H,5-6,9-10,13-17H2,1-4H3,(H,28,35)(H,29,34)(H,30,33)/t18-,19-,21-,24-/m0/s1. The molecule has 1 saturated heterocycles. The van der Waals surface area contributed by atoms with Crippen LogP contribution in [0.5, 0.6) is 5.75 Å². The van der Waals surface area contributed by atoms with Gasteiger partial charge in [-0.15, -0.1) is 0 Å². The summed E-state index contributed by atoms with van der Waals surface area (Å²) >= 11 is 0. The highest BCUT2D eigenvalue weighted by atomic mass is 16.5. The van der Waals surface area contributed by atoms with Crippen LogP contribution >= 0.6 is 0 Å². The molecule has 204 valence electrons. The number of rotatable bonds is 6. The molecule has 1 aromatic rings. The monoisotopic (exact) mass is 515 g/mol. The molecule has 2 heterocycles. The number of hydrogen-bond acceptors (Lipinski definition) is 6. The molecular formula is C27H41N5O5. The summed E-state index contributed by atoms with van der Waals surface area (Å²) in [6.45, 7) is 8.75. The van der Waals surface area contributed by atoms with E-state index in [2.05, 4.69) is 27.8 Å². The summed E-state index contributed by atoms with van der Waals surface area (Å²) in [6.07, 6.45) is 2.47. The Morgan fingerprint density at radius 3 is 2.65 bits per heavy atom. The maximum atomic E-state index is 13.3. The van der Waals surface area contributed by atoms with Crippen molar-refractivity contribution in [3.05, 3.63) is 29.8 Å². The summed E-state index contributed by atoms with van der Waals surface area (Å²) < 4.78 is 5.85. The second-order valence-electron chi connectivity index (χ2n) is 9.94. The second-order valence-corrected chi connectivity index (χ2v) is 9.94. The molecule has 3 N–H and O–H groups in total. The largest absolute Gasteiger partial charge is 0.491 e. The van der Waals surface area contributed by atoms with Gasteiger partial charge in [0.25, 0.3) is 5.91 Å². The average molecular weight is 516 g/mol. The van der Waals surface area contributed by atoms with Crippen molar-refractivity contribution in [2.24, 2.45) is 5.92 Å². The predicted molar refractivity (Wildman–Crippen MR) is 140 cm³/mol. The maximum Gasteiger partial charge on any atom is 0.255 e. The normalized spacial score (nSPS) is 24.8. The molecule has 2 aliphatic heterocycles. The number of amides is 4. The minimum atomic E-state index is -1.11. The molecule has 1 fully saturated rings. The van der Waals surface area contributed by atoms with E-state index in [1.165, 1.54) is 4.90 Å². The van der Waals surface area contributed by atoms with E-state index in [4.69, 9.17) is 4.74 Å². The summed E-state index contributed by atoms with van der Waals surface area (Å²) in [7, 11) is 1.66. The number of likely N-dealkylation sites (N-methyl/N-ethyl adjacent to an activating group) is 2. The van der Waals surface area contributed by atoms with Crippen molar-refractivity contribution in [1.82, 2.24) is 25.8 Å². The zero-order chi connectivity index (χ0) is 26.9. The summed E-state index contributed by atoms with van der Waals surface area (Å²) in [6, 6.07) is 5.12. The Balaban J connectivity index is 1.85. The number of fused-ring (bicyclic) bond motifs is 1. The number of para-hydroxylation sites is 1. The van der Waals surface area contributed by atoms with E-state index in [1.807, 2.05) is 13.8 Å². The lowest BCUT2D eigenvalue weighted by Gasteiger charge is -2.29. The molecule has 1 aromatic carbocycles. The lowest BCUT2D eigenvalue weighted by atomic mass is 9.97. The number of nitrogens with one attached hydrogen (secondary N) is 3. The molecule has 0 unspecified atom stereocenters. The predicted octanol–water partition coefficient (Wildman–Crippen LogP) is 1.16. The Bertz CT molecular complexity index is 970. The van der Waals surface area contributed by atoms with Crippen molar-refractivity contribution in [2.45, 2.75) is 64.6 Å². The van der Waals surface area contributed by atoms with Gasteiger partial charge in [-0.2, -0.15) is 0 Å². The molecule has 2 aliphatic rings. The van der Waals surface area contributed by atoms with Crippen LogP contribution in [0.1, 0.15) is 56.8 Å². The van der Waals surface area contributed by atoms with E-state index in [9.17, 15) is 19.2 Å². The highest BCUT2D eigenvalue weighted by Gasteiger charge is 2.32. The minimum absolute atomic E-state index is 0.113. The van der Waals surface area contributed by atoms with E-state index >= 15 is 0 Å². The van der Waals surface area contributed by atoms with Crippen molar-refractivity contribution >= 4 is 23.6 Å². The van der Waals surface area contributed by atoms with Gasteiger partial charge in [0, 0.05) is 19.6 Å². The van der Waals surface area contributed by atoms with E-state index < -0.39 is 29.8 Å². The minimum Gasteiger partial charge on any atom is -0.491 e. The first-order valence-corrected chi connectivity index (χ1v) is 13.3. The molecule has 10 heteroatoms. The number of carbonyl (C=O) groups excluding carboxylic acids is 4. The first-order chi connectivity index (χ1) is 17.7. The molecule has 0 bridgehead atoms. The third-order valence-corrected chi connectivity index (χ3v) is 7.42. The van der Waals surface area contributed by atoms with Gasteiger partial charge >= 0.3 is 0 Å². The smallest absolute Gasteiger partial charge is 0.255 e. The molecule has 0 saturated carbocycles. The number of carbonyl (C=O) groups is 4. The Kier molecular flexibility index (Phi) is 10.3. The third-order valence-electron chi connectivity index (χ3n) is 7.42. The molecule has 4 amide bonds. The molecule has 3 rings (SSSR count). The van der Waals surface area contributed by atoms with E-state index in [0.717, 1.165) is 25.9 Å². The fraction of sp³-hybridized carbons (Fsp3) is 0.630. The van der Waals surface area contributed by atoms with E-state index in [0.29, 0.717) is 25.3 Å². The van der Waals surface area contributed by atoms with Gasteiger partial charge in [-0.3, -0.25) is 24.1 Å². The van der Waals surface area contributed by atoms with E-state index in [-0.39, 0.29) is 36.5 Å². The zero-order valence-electron chi connectivity index (χ0n) is 22.4. The average Bonchev–Trinajstić information content (AvgIpc) is 3.36. The van der Waals surface area contributed by atoms with Gasteiger partial charge in [-0.25, -0.2) is 0 Å². The molecule has 4 atom stereocenters. The first-order valence-electron chi connectivity index (χ1n) is 13.3. The Labute approximate surface area is 219 Å². The fourth-order valence-electron chi connectivity index (χ4n) is 4.85. The second kappa shape index (κ2) is 13.4. The van der Waals surface area contributed by atoms with Gasteiger partial charge in [-0.05, 0) is 44.0 Å². The molecule has 0 radical (unpaired) electrons. The van der Waals surface area contributed by atoms with Gasteiger partial charge in [-0.1, -0.05) is 39.3 Å². The van der Waals surface area contributed by atoms with Crippen molar-refractivity contribution in [3.63, 3.8) is 0 Å². The van der Waals surface area contributed by atoms with Crippen molar-refractivity contribution in [2.75, 3.05) is 39.8 Å².